The van der Waals surface area contributed by atoms with Crippen molar-refractivity contribution in [3.8, 4) is 0 Å². The molecule has 2 N–H and O–H groups in total. The van der Waals surface area contributed by atoms with E-state index in [1.54, 1.807) is 0 Å². The van der Waals surface area contributed by atoms with Crippen LogP contribution in [-0.4, -0.2) is 48.5 Å². The molecule has 2 heterocycles. The number of aromatic amines is 1. The molecular formula is C30H40N4O2. The fraction of sp³-hybridized carbons (Fsp3) is 0.533. The average molecular weight is 489 g/mol. The molecule has 1 aromatic carbocycles. The highest BCUT2D eigenvalue weighted by molar-refractivity contribution is 5.97. The number of carbonyl (C=O) groups is 1. The second-order valence-electron chi connectivity index (χ2n) is 11.4. The third kappa shape index (κ3) is 4.63. The summed E-state index contributed by atoms with van der Waals surface area (Å²) in [7, 11) is 4.38. The Labute approximate surface area is 214 Å². The van der Waals surface area contributed by atoms with Crippen LogP contribution in [0.3, 0.4) is 0 Å². The topological polar surface area (TPSA) is 68.4 Å². The van der Waals surface area contributed by atoms with Crippen molar-refractivity contribution in [2.75, 3.05) is 25.5 Å². The van der Waals surface area contributed by atoms with Crippen molar-refractivity contribution < 1.29 is 4.79 Å². The molecule has 3 aliphatic rings. The lowest BCUT2D eigenvalue weighted by atomic mass is 9.51. The molecule has 0 radical (unpaired) electrons. The number of hydrogen-bond acceptors (Lipinski definition) is 4. The summed E-state index contributed by atoms with van der Waals surface area (Å²) in [4.78, 5) is 33.9. The smallest absolute Gasteiger partial charge is 0.253 e. The Balaban J connectivity index is 1.40. The SMILES string of the molecule is CCN(c1cccc2c1C/C=C/CCc1cc(C)[nH]c(=O)c1CNC2=O)C1CC2(CC(N(C)C)C2)C1. The molecule has 0 bridgehead atoms. The largest absolute Gasteiger partial charge is 0.369 e. The van der Waals surface area contributed by atoms with Crippen molar-refractivity contribution in [1.82, 2.24) is 15.2 Å². The molecule has 1 spiro atoms. The minimum Gasteiger partial charge on any atom is -0.369 e. The van der Waals surface area contributed by atoms with E-state index in [0.717, 1.165) is 48.7 Å². The van der Waals surface area contributed by atoms with Gasteiger partial charge in [-0.2, -0.15) is 0 Å². The zero-order valence-corrected chi connectivity index (χ0v) is 22.2. The minimum atomic E-state index is -0.110. The average Bonchev–Trinajstić information content (AvgIpc) is 2.77. The first kappa shape index (κ1) is 24.8. The number of benzene rings is 1. The molecule has 192 valence electrons. The fourth-order valence-corrected chi connectivity index (χ4v) is 6.72. The number of aryl methyl sites for hydroxylation is 2. The third-order valence-electron chi connectivity index (χ3n) is 8.75. The van der Waals surface area contributed by atoms with Crippen molar-refractivity contribution in [2.45, 2.75) is 77.4 Å². The molecule has 2 saturated carbocycles. The third-order valence-corrected chi connectivity index (χ3v) is 8.75. The van der Waals surface area contributed by atoms with Gasteiger partial charge in [0.1, 0.15) is 0 Å². The number of carbonyl (C=O) groups excluding carboxylic acids is 1. The molecule has 0 saturated heterocycles. The number of amides is 1. The Morgan fingerprint density at radius 2 is 1.78 bits per heavy atom. The molecule has 1 amide bonds. The van der Waals surface area contributed by atoms with Crippen LogP contribution in [0.1, 0.15) is 71.8 Å². The molecule has 6 nitrogen and oxygen atoms in total. The first-order valence-electron chi connectivity index (χ1n) is 13.5. The molecule has 2 fully saturated rings. The minimum absolute atomic E-state index is 0.108. The number of H-pyrrole nitrogens is 1. The van der Waals surface area contributed by atoms with Gasteiger partial charge in [-0.1, -0.05) is 18.2 Å². The van der Waals surface area contributed by atoms with Gasteiger partial charge in [0, 0.05) is 47.7 Å². The van der Waals surface area contributed by atoms with Gasteiger partial charge in [-0.25, -0.2) is 0 Å². The summed E-state index contributed by atoms with van der Waals surface area (Å²) in [5.74, 6) is -0.110. The molecule has 36 heavy (non-hydrogen) atoms. The zero-order chi connectivity index (χ0) is 25.4. The van der Waals surface area contributed by atoms with Crippen LogP contribution in [-0.2, 0) is 19.4 Å². The van der Waals surface area contributed by atoms with Crippen LogP contribution in [0.5, 0.6) is 0 Å². The maximum absolute atomic E-state index is 13.4. The fourth-order valence-electron chi connectivity index (χ4n) is 6.72. The summed E-state index contributed by atoms with van der Waals surface area (Å²) in [6.07, 6.45) is 11.9. The zero-order valence-electron chi connectivity index (χ0n) is 22.2. The van der Waals surface area contributed by atoms with Crippen LogP contribution in [0.2, 0.25) is 0 Å². The van der Waals surface area contributed by atoms with E-state index in [0.29, 0.717) is 22.6 Å². The van der Waals surface area contributed by atoms with E-state index < -0.39 is 0 Å². The van der Waals surface area contributed by atoms with Gasteiger partial charge in [-0.05, 0) is 108 Å². The van der Waals surface area contributed by atoms with Crippen molar-refractivity contribution >= 4 is 11.6 Å². The first-order valence-corrected chi connectivity index (χ1v) is 13.5. The van der Waals surface area contributed by atoms with Gasteiger partial charge in [0.05, 0.1) is 0 Å². The van der Waals surface area contributed by atoms with E-state index in [2.05, 4.69) is 59.3 Å². The standard InChI is InChI=1S/C30H40N4O2/c1-5-34(23-17-30(18-23)15-22(16-30)33(3)4)27-13-9-12-25-24(27)11-8-6-7-10-21-14-20(2)32-29(36)26(21)19-31-28(25)35/h6,8-9,12-14,22-23H,5,7,10-11,15-19H2,1-4H3,(H,31,35)(H,32,36)/b8-6+. The highest BCUT2D eigenvalue weighted by Gasteiger charge is 2.54. The van der Waals surface area contributed by atoms with Gasteiger partial charge in [0.15, 0.2) is 0 Å². The van der Waals surface area contributed by atoms with E-state index in [4.69, 9.17) is 0 Å². The summed E-state index contributed by atoms with van der Waals surface area (Å²) >= 11 is 0. The Morgan fingerprint density at radius 1 is 1.03 bits per heavy atom. The number of anilines is 1. The van der Waals surface area contributed by atoms with Crippen LogP contribution >= 0.6 is 0 Å². The lowest BCUT2D eigenvalue weighted by Gasteiger charge is -2.61. The number of nitrogens with one attached hydrogen (secondary N) is 2. The van der Waals surface area contributed by atoms with Gasteiger partial charge in [-0.3, -0.25) is 9.59 Å². The van der Waals surface area contributed by atoms with Gasteiger partial charge in [-0.15, -0.1) is 0 Å². The van der Waals surface area contributed by atoms with Crippen molar-refractivity contribution in [3.05, 3.63) is 74.7 Å². The molecule has 0 unspecified atom stereocenters. The summed E-state index contributed by atoms with van der Waals surface area (Å²) in [5.41, 5.74) is 5.93. The van der Waals surface area contributed by atoms with E-state index >= 15 is 0 Å². The van der Waals surface area contributed by atoms with E-state index in [1.807, 2.05) is 25.1 Å². The van der Waals surface area contributed by atoms with E-state index in [9.17, 15) is 9.59 Å². The monoisotopic (exact) mass is 488 g/mol. The molecule has 0 atom stereocenters. The molecule has 2 aliphatic carbocycles. The maximum atomic E-state index is 13.4. The predicted octanol–water partition coefficient (Wildman–Crippen LogP) is 4.36. The van der Waals surface area contributed by atoms with Crippen LogP contribution in [0.15, 0.2) is 41.2 Å². The molecule has 2 aromatic rings. The second-order valence-corrected chi connectivity index (χ2v) is 11.4. The van der Waals surface area contributed by atoms with Crippen LogP contribution in [0.4, 0.5) is 5.69 Å². The number of fused-ring (bicyclic) bond motifs is 2. The van der Waals surface area contributed by atoms with Gasteiger partial charge >= 0.3 is 0 Å². The van der Waals surface area contributed by atoms with Crippen molar-refractivity contribution in [3.63, 3.8) is 0 Å². The predicted molar refractivity (Wildman–Crippen MR) is 146 cm³/mol. The van der Waals surface area contributed by atoms with Crippen molar-refractivity contribution in [1.29, 1.82) is 0 Å². The highest BCUT2D eigenvalue weighted by Crippen LogP contribution is 2.58. The first-order chi connectivity index (χ1) is 17.3. The van der Waals surface area contributed by atoms with Crippen LogP contribution in [0.25, 0.3) is 0 Å². The Morgan fingerprint density at radius 3 is 2.50 bits per heavy atom. The van der Waals surface area contributed by atoms with Crippen molar-refractivity contribution in [2.24, 2.45) is 5.41 Å². The van der Waals surface area contributed by atoms with Crippen LogP contribution in [0, 0.1) is 12.3 Å². The number of aromatic nitrogens is 1. The summed E-state index contributed by atoms with van der Waals surface area (Å²) in [6, 6.07) is 9.42. The summed E-state index contributed by atoms with van der Waals surface area (Å²) in [5, 5.41) is 3.06. The Bertz CT molecular complexity index is 1210. The van der Waals surface area contributed by atoms with Gasteiger partial charge < -0.3 is 20.1 Å². The van der Waals surface area contributed by atoms with E-state index in [1.165, 1.54) is 31.4 Å². The molecule has 5 rings (SSSR count). The lowest BCUT2D eigenvalue weighted by Crippen LogP contribution is -2.60. The highest BCUT2D eigenvalue weighted by atomic mass is 16.1. The Kier molecular flexibility index (Phi) is 6.82. The quantitative estimate of drug-likeness (QED) is 0.628. The molecular weight excluding hydrogens is 448 g/mol. The molecule has 1 aromatic heterocycles. The van der Waals surface area contributed by atoms with E-state index in [-0.39, 0.29) is 18.0 Å². The second kappa shape index (κ2) is 9.89. The van der Waals surface area contributed by atoms with Gasteiger partial charge in [0.2, 0.25) is 0 Å². The van der Waals surface area contributed by atoms with Crippen LogP contribution < -0.4 is 15.8 Å². The normalized spacial score (nSPS) is 26.5. The Hall–Kier alpha value is -2.86. The summed E-state index contributed by atoms with van der Waals surface area (Å²) < 4.78 is 0. The molecule has 6 heteroatoms. The lowest BCUT2D eigenvalue weighted by molar-refractivity contribution is -0.0530. The number of nitrogens with zero attached hydrogens (tertiary/aromatic N) is 2. The maximum Gasteiger partial charge on any atom is 0.253 e. The summed E-state index contributed by atoms with van der Waals surface area (Å²) in [6.45, 7) is 5.30. The number of allylic oxidation sites excluding steroid dienone is 2. The van der Waals surface area contributed by atoms with Gasteiger partial charge in [0.25, 0.3) is 11.5 Å². The number of hydrogen-bond donors (Lipinski definition) is 2. The number of pyridine rings is 1. The molecule has 1 aliphatic heterocycles. The number of rotatable bonds is 4.